The lowest BCUT2D eigenvalue weighted by atomic mass is 10.1. The molecule has 0 amide bonds. The maximum atomic E-state index is 11.4. The number of benzene rings is 1. The molecule has 0 bridgehead atoms. The van der Waals surface area contributed by atoms with Gasteiger partial charge in [-0.3, -0.25) is 0 Å². The number of nitrogens with one attached hydrogen (secondary N) is 1. The van der Waals surface area contributed by atoms with Gasteiger partial charge in [0.15, 0.2) is 0 Å². The van der Waals surface area contributed by atoms with E-state index in [1.165, 1.54) is 18.2 Å². The van der Waals surface area contributed by atoms with Crippen molar-refractivity contribution in [3.63, 3.8) is 0 Å². The van der Waals surface area contributed by atoms with Crippen LogP contribution in [-0.4, -0.2) is 8.42 Å². The summed E-state index contributed by atoms with van der Waals surface area (Å²) < 4.78 is 28.3. The monoisotopic (exact) mass is 309 g/mol. The van der Waals surface area contributed by atoms with Crippen LogP contribution in [0, 0.1) is 13.8 Å². The number of hydrogen-bond acceptors (Lipinski definition) is 5. The molecular weight excluding hydrogens is 290 g/mol. The van der Waals surface area contributed by atoms with Crippen LogP contribution in [0.4, 0.5) is 11.4 Å². The van der Waals surface area contributed by atoms with Crippen LogP contribution >= 0.6 is 0 Å². The zero-order valence-corrected chi connectivity index (χ0v) is 13.0. The van der Waals surface area contributed by atoms with Crippen LogP contribution in [0.25, 0.3) is 0 Å². The summed E-state index contributed by atoms with van der Waals surface area (Å²) >= 11 is 0. The first-order chi connectivity index (χ1) is 9.68. The summed E-state index contributed by atoms with van der Waals surface area (Å²) in [6.45, 7) is 5.70. The number of furan rings is 1. The SMILES string of the molecule is Cc1cc(C(C)Nc2cc(S(N)(=O)=O)ccc2N)c(C)o1. The van der Waals surface area contributed by atoms with Crippen molar-refractivity contribution in [2.75, 3.05) is 11.1 Å². The van der Waals surface area contributed by atoms with Crippen LogP contribution in [0.2, 0.25) is 0 Å². The number of hydrogen-bond donors (Lipinski definition) is 3. The number of rotatable bonds is 4. The van der Waals surface area contributed by atoms with Gasteiger partial charge in [-0.05, 0) is 45.0 Å². The third kappa shape index (κ3) is 3.37. The first-order valence-corrected chi connectivity index (χ1v) is 7.99. The third-order valence-corrected chi connectivity index (χ3v) is 4.18. The molecule has 2 aromatic rings. The van der Waals surface area contributed by atoms with Crippen molar-refractivity contribution in [3.8, 4) is 0 Å². The fourth-order valence-corrected chi connectivity index (χ4v) is 2.77. The molecule has 1 atom stereocenters. The van der Waals surface area contributed by atoms with E-state index < -0.39 is 10.0 Å². The lowest BCUT2D eigenvalue weighted by molar-refractivity contribution is 0.500. The molecule has 0 aliphatic rings. The van der Waals surface area contributed by atoms with E-state index in [4.69, 9.17) is 15.3 Å². The Kier molecular flexibility index (Phi) is 3.97. The Bertz CT molecular complexity index is 766. The van der Waals surface area contributed by atoms with Gasteiger partial charge in [-0.15, -0.1) is 0 Å². The van der Waals surface area contributed by atoms with Gasteiger partial charge in [0.2, 0.25) is 10.0 Å². The standard InChI is InChI=1S/C14H19N3O3S/c1-8-6-12(10(3)20-8)9(2)17-14-7-11(21(16,18)19)4-5-13(14)15/h4-7,9,17H,15H2,1-3H3,(H2,16,18,19). The van der Waals surface area contributed by atoms with E-state index >= 15 is 0 Å². The fourth-order valence-electron chi connectivity index (χ4n) is 2.23. The van der Waals surface area contributed by atoms with Gasteiger partial charge in [0.25, 0.3) is 0 Å². The van der Waals surface area contributed by atoms with Crippen LogP contribution in [0.5, 0.6) is 0 Å². The fraction of sp³-hybridized carbons (Fsp3) is 0.286. The number of primary sulfonamides is 1. The Morgan fingerprint density at radius 1 is 1.24 bits per heavy atom. The molecule has 0 saturated heterocycles. The molecule has 1 aromatic heterocycles. The second-order valence-electron chi connectivity index (χ2n) is 5.03. The van der Waals surface area contributed by atoms with Crippen LogP contribution in [0.1, 0.15) is 30.0 Å². The van der Waals surface area contributed by atoms with Gasteiger partial charge >= 0.3 is 0 Å². The van der Waals surface area contributed by atoms with Crippen molar-refractivity contribution in [1.82, 2.24) is 0 Å². The van der Waals surface area contributed by atoms with Crippen molar-refractivity contribution in [2.45, 2.75) is 31.7 Å². The highest BCUT2D eigenvalue weighted by atomic mass is 32.2. The van der Waals surface area contributed by atoms with Gasteiger partial charge in [-0.2, -0.15) is 0 Å². The summed E-state index contributed by atoms with van der Waals surface area (Å²) in [5.74, 6) is 1.64. The van der Waals surface area contributed by atoms with Gasteiger partial charge in [-0.25, -0.2) is 13.6 Å². The van der Waals surface area contributed by atoms with E-state index in [9.17, 15) is 8.42 Å². The Balaban J connectivity index is 2.33. The normalized spacial score (nSPS) is 13.1. The van der Waals surface area contributed by atoms with E-state index in [0.29, 0.717) is 11.4 Å². The van der Waals surface area contributed by atoms with E-state index in [0.717, 1.165) is 17.1 Å². The quantitative estimate of drug-likeness (QED) is 0.750. The number of nitrogen functional groups attached to an aromatic ring is 1. The molecule has 0 fully saturated rings. The molecule has 6 nitrogen and oxygen atoms in total. The molecule has 21 heavy (non-hydrogen) atoms. The predicted octanol–water partition coefficient (Wildman–Crippen LogP) is 2.30. The molecule has 1 aromatic carbocycles. The predicted molar refractivity (Wildman–Crippen MR) is 82.4 cm³/mol. The number of aryl methyl sites for hydroxylation is 2. The van der Waals surface area contributed by atoms with Crippen molar-refractivity contribution >= 4 is 21.4 Å². The molecule has 7 heteroatoms. The van der Waals surface area contributed by atoms with Gasteiger partial charge in [0.1, 0.15) is 11.5 Å². The first kappa shape index (κ1) is 15.4. The van der Waals surface area contributed by atoms with Crippen LogP contribution < -0.4 is 16.2 Å². The molecule has 0 aliphatic carbocycles. The molecule has 2 rings (SSSR count). The lowest BCUT2D eigenvalue weighted by Crippen LogP contribution is -2.14. The Morgan fingerprint density at radius 2 is 1.90 bits per heavy atom. The number of sulfonamides is 1. The van der Waals surface area contributed by atoms with E-state index in [-0.39, 0.29) is 10.9 Å². The molecule has 1 heterocycles. The first-order valence-electron chi connectivity index (χ1n) is 6.44. The van der Waals surface area contributed by atoms with E-state index in [1.807, 2.05) is 26.8 Å². The summed E-state index contributed by atoms with van der Waals surface area (Å²) in [6, 6.07) is 6.19. The molecule has 114 valence electrons. The van der Waals surface area contributed by atoms with Crippen LogP contribution in [-0.2, 0) is 10.0 Å². The second-order valence-corrected chi connectivity index (χ2v) is 6.59. The lowest BCUT2D eigenvalue weighted by Gasteiger charge is -2.17. The largest absolute Gasteiger partial charge is 0.466 e. The number of nitrogens with two attached hydrogens (primary N) is 2. The van der Waals surface area contributed by atoms with Crippen molar-refractivity contribution in [3.05, 3.63) is 41.3 Å². The van der Waals surface area contributed by atoms with E-state index in [1.54, 1.807) is 0 Å². The maximum Gasteiger partial charge on any atom is 0.238 e. The van der Waals surface area contributed by atoms with Crippen LogP contribution in [0.15, 0.2) is 33.6 Å². The maximum absolute atomic E-state index is 11.4. The average Bonchev–Trinajstić information content (AvgIpc) is 2.70. The summed E-state index contributed by atoms with van der Waals surface area (Å²) in [5, 5.41) is 8.32. The van der Waals surface area contributed by atoms with Gasteiger partial charge in [0.05, 0.1) is 22.3 Å². The highest BCUT2D eigenvalue weighted by molar-refractivity contribution is 7.89. The van der Waals surface area contributed by atoms with Gasteiger partial charge in [0, 0.05) is 5.56 Å². The third-order valence-electron chi connectivity index (χ3n) is 3.27. The molecular formula is C14H19N3O3S. The Hall–Kier alpha value is -1.99. The molecule has 0 radical (unpaired) electrons. The second kappa shape index (κ2) is 5.42. The average molecular weight is 309 g/mol. The molecule has 0 saturated carbocycles. The minimum absolute atomic E-state index is 0.0199. The highest BCUT2D eigenvalue weighted by Gasteiger charge is 2.15. The molecule has 1 unspecified atom stereocenters. The minimum Gasteiger partial charge on any atom is -0.466 e. The minimum atomic E-state index is -3.76. The Labute approximate surface area is 124 Å². The molecule has 0 aliphatic heterocycles. The van der Waals surface area contributed by atoms with Crippen LogP contribution in [0.3, 0.4) is 0 Å². The van der Waals surface area contributed by atoms with E-state index in [2.05, 4.69) is 5.32 Å². The number of anilines is 2. The topological polar surface area (TPSA) is 111 Å². The molecule has 5 N–H and O–H groups in total. The van der Waals surface area contributed by atoms with Crippen molar-refractivity contribution in [2.24, 2.45) is 5.14 Å². The van der Waals surface area contributed by atoms with Gasteiger partial charge in [-0.1, -0.05) is 0 Å². The van der Waals surface area contributed by atoms with Crippen molar-refractivity contribution < 1.29 is 12.8 Å². The van der Waals surface area contributed by atoms with Gasteiger partial charge < -0.3 is 15.5 Å². The summed E-state index contributed by atoms with van der Waals surface area (Å²) in [6.07, 6.45) is 0. The zero-order valence-electron chi connectivity index (χ0n) is 12.2. The summed E-state index contributed by atoms with van der Waals surface area (Å²) in [5.41, 5.74) is 7.85. The zero-order chi connectivity index (χ0) is 15.8. The smallest absolute Gasteiger partial charge is 0.238 e. The summed E-state index contributed by atoms with van der Waals surface area (Å²) in [4.78, 5) is 0.0199. The highest BCUT2D eigenvalue weighted by Crippen LogP contribution is 2.29. The molecule has 0 spiro atoms. The van der Waals surface area contributed by atoms with Crippen molar-refractivity contribution in [1.29, 1.82) is 0 Å². The Morgan fingerprint density at radius 3 is 2.43 bits per heavy atom. The summed E-state index contributed by atoms with van der Waals surface area (Å²) in [7, 11) is -3.76.